The number of anilines is 2. The second-order valence-corrected chi connectivity index (χ2v) is 13.1. The van der Waals surface area contributed by atoms with E-state index in [9.17, 15) is 19.2 Å². The number of rotatable bonds is 4. The van der Waals surface area contributed by atoms with Crippen molar-refractivity contribution in [3.63, 3.8) is 0 Å². The number of benzene rings is 8. The van der Waals surface area contributed by atoms with Gasteiger partial charge in [0, 0.05) is 21.9 Å². The summed E-state index contributed by atoms with van der Waals surface area (Å²) in [4.78, 5) is 60.3. The smallest absolute Gasteiger partial charge is 0.266 e. The summed E-state index contributed by atoms with van der Waals surface area (Å²) in [5.41, 5.74) is 5.22. The zero-order chi connectivity index (χ0) is 35.1. The topological polar surface area (TPSA) is 74.8 Å². The Hall–Kier alpha value is -7.18. The molecule has 0 atom stereocenters. The molecule has 10 rings (SSSR count). The Bertz CT molecular complexity index is 2680. The minimum Gasteiger partial charge on any atom is -0.268 e. The van der Waals surface area contributed by atoms with Crippen molar-refractivity contribution in [3.05, 3.63) is 180 Å². The van der Waals surface area contributed by atoms with Crippen molar-refractivity contribution in [1.82, 2.24) is 0 Å². The van der Waals surface area contributed by atoms with Gasteiger partial charge in [-0.15, -0.1) is 0 Å². The van der Waals surface area contributed by atoms with E-state index >= 15 is 0 Å². The van der Waals surface area contributed by atoms with Gasteiger partial charge in [-0.2, -0.15) is 0 Å². The highest BCUT2D eigenvalue weighted by atomic mass is 16.2. The third-order valence-electron chi connectivity index (χ3n) is 10.3. The van der Waals surface area contributed by atoms with Gasteiger partial charge < -0.3 is 0 Å². The van der Waals surface area contributed by atoms with Crippen LogP contribution in [0, 0.1) is 0 Å². The molecule has 0 aromatic heterocycles. The van der Waals surface area contributed by atoms with Crippen LogP contribution in [0.1, 0.15) is 41.4 Å². The molecule has 52 heavy (non-hydrogen) atoms. The van der Waals surface area contributed by atoms with E-state index in [0.717, 1.165) is 32.7 Å². The molecule has 0 fully saturated rings. The molecule has 6 heteroatoms. The molecule has 0 saturated heterocycles. The van der Waals surface area contributed by atoms with E-state index < -0.39 is 23.6 Å². The number of carbonyl (C=O) groups excluding carboxylic acids is 4. The standard InChI is InChI=1S/C46H26N2O4/c49-43-35-25-29-17-7-9-19-31(29)39(27-13-3-1-4-14-27)41(35)45(51)47(43)37-23-11-22-34-33(37)21-12-24-38(34)48-44(50)36-26-30-18-8-10-20-32(30)40(42(36)46(48)52)28-15-5-2-6-16-28/h1-26H. The van der Waals surface area contributed by atoms with Crippen molar-refractivity contribution >= 4 is 67.3 Å². The fourth-order valence-corrected chi connectivity index (χ4v) is 8.04. The summed E-state index contributed by atoms with van der Waals surface area (Å²) in [6.45, 7) is 0. The van der Waals surface area contributed by atoms with E-state index in [-0.39, 0.29) is 0 Å². The maximum Gasteiger partial charge on any atom is 0.266 e. The van der Waals surface area contributed by atoms with Crippen molar-refractivity contribution in [2.45, 2.75) is 0 Å². The van der Waals surface area contributed by atoms with Crippen LogP contribution in [0.25, 0.3) is 54.6 Å². The van der Waals surface area contributed by atoms with Gasteiger partial charge in [-0.3, -0.25) is 19.2 Å². The number of hydrogen-bond acceptors (Lipinski definition) is 4. The molecule has 8 aromatic rings. The highest BCUT2D eigenvalue weighted by Crippen LogP contribution is 2.45. The van der Waals surface area contributed by atoms with Crippen molar-refractivity contribution < 1.29 is 19.2 Å². The number of amides is 4. The summed E-state index contributed by atoms with van der Waals surface area (Å²) in [5.74, 6) is -1.72. The van der Waals surface area contributed by atoms with E-state index in [2.05, 4.69) is 0 Å². The van der Waals surface area contributed by atoms with Crippen molar-refractivity contribution in [3.8, 4) is 22.3 Å². The van der Waals surface area contributed by atoms with Crippen molar-refractivity contribution in [1.29, 1.82) is 0 Å². The summed E-state index contributed by atoms with van der Waals surface area (Å²) in [5, 5.41) is 4.59. The Kier molecular flexibility index (Phi) is 6.38. The minimum atomic E-state index is -0.430. The summed E-state index contributed by atoms with van der Waals surface area (Å²) in [6.07, 6.45) is 0. The highest BCUT2D eigenvalue weighted by Gasteiger charge is 2.42. The second-order valence-electron chi connectivity index (χ2n) is 13.1. The van der Waals surface area contributed by atoms with E-state index in [0.29, 0.717) is 55.5 Å². The lowest BCUT2D eigenvalue weighted by atomic mass is 9.90. The van der Waals surface area contributed by atoms with Crippen LogP contribution in [0.5, 0.6) is 0 Å². The lowest BCUT2D eigenvalue weighted by Gasteiger charge is -2.21. The molecule has 4 amide bonds. The van der Waals surface area contributed by atoms with Crippen LogP contribution < -0.4 is 9.80 Å². The summed E-state index contributed by atoms with van der Waals surface area (Å²) in [7, 11) is 0. The lowest BCUT2D eigenvalue weighted by Crippen LogP contribution is -2.31. The van der Waals surface area contributed by atoms with E-state index in [4.69, 9.17) is 0 Å². The molecule has 2 aliphatic rings. The molecule has 244 valence electrons. The van der Waals surface area contributed by atoms with Gasteiger partial charge in [-0.1, -0.05) is 133 Å². The van der Waals surface area contributed by atoms with Crippen LogP contribution in [0.4, 0.5) is 11.4 Å². The first-order chi connectivity index (χ1) is 25.5. The number of carbonyl (C=O) groups is 4. The van der Waals surface area contributed by atoms with E-state index in [1.54, 1.807) is 36.4 Å². The van der Waals surface area contributed by atoms with Crippen LogP contribution in [-0.4, -0.2) is 23.6 Å². The number of hydrogen-bond donors (Lipinski definition) is 0. The SMILES string of the molecule is O=C1c2cc3ccccc3c(-c3ccccc3)c2C(=O)N1c1cccc2c(N3C(=O)c4cc5ccccc5c(-c5ccccc5)c4C3=O)cccc12. The first-order valence-corrected chi connectivity index (χ1v) is 17.0. The Morgan fingerprint density at radius 2 is 0.673 bits per heavy atom. The number of imide groups is 2. The van der Waals surface area contributed by atoms with Gasteiger partial charge in [0.15, 0.2) is 0 Å². The Morgan fingerprint density at radius 1 is 0.308 bits per heavy atom. The second kappa shape index (κ2) is 11.2. The van der Waals surface area contributed by atoms with Gasteiger partial charge in [0.25, 0.3) is 23.6 Å². The molecule has 0 saturated carbocycles. The molecule has 2 aliphatic heterocycles. The third kappa shape index (κ3) is 4.12. The lowest BCUT2D eigenvalue weighted by molar-refractivity contribution is 0.0910. The Labute approximate surface area is 297 Å². The molecule has 0 N–H and O–H groups in total. The van der Waals surface area contributed by atoms with Gasteiger partial charge >= 0.3 is 0 Å². The minimum absolute atomic E-state index is 0.330. The Balaban J connectivity index is 1.14. The molecule has 0 spiro atoms. The average molecular weight is 671 g/mol. The molecule has 6 nitrogen and oxygen atoms in total. The molecular formula is C46H26N2O4. The zero-order valence-corrected chi connectivity index (χ0v) is 27.5. The predicted molar refractivity (Wildman–Crippen MR) is 205 cm³/mol. The van der Waals surface area contributed by atoms with Crippen molar-refractivity contribution in [2.24, 2.45) is 0 Å². The molecule has 8 aromatic carbocycles. The summed E-state index contributed by atoms with van der Waals surface area (Å²) in [6, 6.07) is 49.0. The van der Waals surface area contributed by atoms with Crippen molar-refractivity contribution in [2.75, 3.05) is 9.80 Å². The molecule has 0 aliphatic carbocycles. The molecular weight excluding hydrogens is 645 g/mol. The van der Waals surface area contributed by atoms with Gasteiger partial charge in [-0.05, 0) is 56.9 Å². The monoisotopic (exact) mass is 670 g/mol. The Morgan fingerprint density at radius 3 is 1.10 bits per heavy atom. The van der Waals surface area contributed by atoms with Crippen LogP contribution >= 0.6 is 0 Å². The predicted octanol–water partition coefficient (Wildman–Crippen LogP) is 10.1. The normalized spacial score (nSPS) is 13.8. The zero-order valence-electron chi connectivity index (χ0n) is 27.5. The van der Waals surface area contributed by atoms with Gasteiger partial charge in [0.05, 0.1) is 33.6 Å². The van der Waals surface area contributed by atoms with Gasteiger partial charge in [0.1, 0.15) is 0 Å². The average Bonchev–Trinajstić information content (AvgIpc) is 3.59. The van der Waals surface area contributed by atoms with Gasteiger partial charge in [0.2, 0.25) is 0 Å². The van der Waals surface area contributed by atoms with E-state index in [1.165, 1.54) is 9.80 Å². The number of nitrogens with zero attached hydrogens (tertiary/aromatic N) is 2. The maximum absolute atomic E-state index is 14.6. The number of fused-ring (bicyclic) bond motifs is 5. The van der Waals surface area contributed by atoms with Crippen LogP contribution in [0.2, 0.25) is 0 Å². The highest BCUT2D eigenvalue weighted by molar-refractivity contribution is 6.41. The fraction of sp³-hybridized carbons (Fsp3) is 0. The molecule has 0 bridgehead atoms. The summed E-state index contributed by atoms with van der Waals surface area (Å²) >= 11 is 0. The largest absolute Gasteiger partial charge is 0.268 e. The fourth-order valence-electron chi connectivity index (χ4n) is 8.04. The molecule has 2 heterocycles. The third-order valence-corrected chi connectivity index (χ3v) is 10.3. The molecule has 0 radical (unpaired) electrons. The first-order valence-electron chi connectivity index (χ1n) is 17.0. The van der Waals surface area contributed by atoms with Gasteiger partial charge in [-0.25, -0.2) is 9.80 Å². The van der Waals surface area contributed by atoms with Crippen LogP contribution in [-0.2, 0) is 0 Å². The summed E-state index contributed by atoms with van der Waals surface area (Å²) < 4.78 is 0. The first kappa shape index (κ1) is 29.7. The van der Waals surface area contributed by atoms with Crippen LogP contribution in [0.3, 0.4) is 0 Å². The van der Waals surface area contributed by atoms with Crippen LogP contribution in [0.15, 0.2) is 158 Å². The maximum atomic E-state index is 14.6. The van der Waals surface area contributed by atoms with E-state index in [1.807, 2.05) is 121 Å². The molecule has 0 unspecified atom stereocenters. The quantitative estimate of drug-likeness (QED) is 0.175.